The summed E-state index contributed by atoms with van der Waals surface area (Å²) in [6.45, 7) is 0. The van der Waals surface area contributed by atoms with Crippen LogP contribution < -0.4 is 0 Å². The number of benzene rings is 2. The van der Waals surface area contributed by atoms with Gasteiger partial charge >= 0.3 is 0 Å². The summed E-state index contributed by atoms with van der Waals surface area (Å²) in [5, 5.41) is 0. The molecule has 0 amide bonds. The molecule has 0 N–H and O–H groups in total. The molecule has 0 saturated heterocycles. The van der Waals surface area contributed by atoms with E-state index in [-0.39, 0.29) is 5.78 Å². The molecule has 0 bridgehead atoms. The average Bonchev–Trinajstić information content (AvgIpc) is 2.29. The van der Waals surface area contributed by atoms with Gasteiger partial charge in [-0.1, -0.05) is 42.5 Å². The molecule has 0 aliphatic heterocycles. The molecule has 0 spiro atoms. The fraction of sp³-hybridized carbons (Fsp3) is 0. The molecule has 0 aliphatic rings. The van der Waals surface area contributed by atoms with Gasteiger partial charge in [0.25, 0.3) is 0 Å². The van der Waals surface area contributed by atoms with Gasteiger partial charge in [0, 0.05) is 17.2 Å². The number of carbonyl (C=O) groups excluding carboxylic acids is 1. The molecule has 0 aliphatic carbocycles. The highest BCUT2D eigenvalue weighted by Crippen LogP contribution is 2.10. The summed E-state index contributed by atoms with van der Waals surface area (Å²) in [5.74, 6) is -0.694. The van der Waals surface area contributed by atoms with Crippen LogP contribution in [0.25, 0.3) is 0 Å². The zero-order valence-corrected chi connectivity index (χ0v) is 7.91. The molecule has 0 heterocycles. The van der Waals surface area contributed by atoms with Gasteiger partial charge in [-0.2, -0.15) is 0 Å². The summed E-state index contributed by atoms with van der Waals surface area (Å²) in [6.07, 6.45) is 0. The van der Waals surface area contributed by atoms with Crippen LogP contribution in [0.4, 0.5) is 4.39 Å². The van der Waals surface area contributed by atoms with E-state index >= 15 is 0 Å². The number of hydrogen-bond donors (Lipinski definition) is 0. The number of rotatable bonds is 2. The Labute approximate surface area is 87.2 Å². The highest BCUT2D eigenvalue weighted by molar-refractivity contribution is 6.08. The normalized spacial score (nSPS) is 9.93. The standard InChI is InChI=1S/C13H8FO/c14-12-8-4-7-11(9-12)13(15)10-5-2-1-3-6-10/h1-7,9H. The van der Waals surface area contributed by atoms with Crippen molar-refractivity contribution in [2.45, 2.75) is 0 Å². The number of halogens is 1. The maximum absolute atomic E-state index is 12.8. The molecule has 0 fully saturated rings. The molecule has 0 atom stereocenters. The van der Waals surface area contributed by atoms with Gasteiger partial charge in [-0.25, -0.2) is 4.39 Å². The molecule has 2 heteroatoms. The fourth-order valence-corrected chi connectivity index (χ4v) is 1.33. The minimum atomic E-state index is -0.517. The summed E-state index contributed by atoms with van der Waals surface area (Å²) in [6, 6.07) is 15.3. The van der Waals surface area contributed by atoms with Gasteiger partial charge in [-0.15, -0.1) is 0 Å². The van der Waals surface area contributed by atoms with Crippen LogP contribution in [0.3, 0.4) is 0 Å². The van der Waals surface area contributed by atoms with Gasteiger partial charge < -0.3 is 0 Å². The molecule has 2 rings (SSSR count). The van der Waals surface area contributed by atoms with E-state index < -0.39 is 5.82 Å². The van der Waals surface area contributed by atoms with Crippen molar-refractivity contribution in [1.82, 2.24) is 0 Å². The SMILES string of the molecule is O=C(c1ccccc1)c1cc[c]c(F)c1. The minimum Gasteiger partial charge on any atom is -0.289 e. The molecule has 2 aromatic carbocycles. The molecule has 0 saturated carbocycles. The van der Waals surface area contributed by atoms with Crippen LogP contribution in [0.1, 0.15) is 15.9 Å². The zero-order valence-electron chi connectivity index (χ0n) is 7.91. The van der Waals surface area contributed by atoms with E-state index in [9.17, 15) is 9.18 Å². The van der Waals surface area contributed by atoms with Crippen molar-refractivity contribution in [2.24, 2.45) is 0 Å². The number of ketones is 1. The lowest BCUT2D eigenvalue weighted by molar-refractivity contribution is 0.103. The van der Waals surface area contributed by atoms with Crippen molar-refractivity contribution < 1.29 is 9.18 Å². The number of hydrogen-bond acceptors (Lipinski definition) is 1. The molecule has 1 radical (unpaired) electrons. The lowest BCUT2D eigenvalue weighted by Crippen LogP contribution is -2.00. The first kappa shape index (κ1) is 9.59. The van der Waals surface area contributed by atoms with Gasteiger partial charge in [0.1, 0.15) is 5.82 Å². The Morgan fingerprint density at radius 2 is 1.80 bits per heavy atom. The average molecular weight is 199 g/mol. The smallest absolute Gasteiger partial charge is 0.193 e. The monoisotopic (exact) mass is 199 g/mol. The summed E-state index contributed by atoms with van der Waals surface area (Å²) >= 11 is 0. The molecule has 1 nitrogen and oxygen atoms in total. The van der Waals surface area contributed by atoms with Crippen molar-refractivity contribution in [3.8, 4) is 0 Å². The van der Waals surface area contributed by atoms with E-state index in [1.54, 1.807) is 30.3 Å². The van der Waals surface area contributed by atoms with Gasteiger partial charge in [-0.05, 0) is 6.07 Å². The van der Waals surface area contributed by atoms with Crippen molar-refractivity contribution in [3.63, 3.8) is 0 Å². The van der Waals surface area contributed by atoms with Crippen molar-refractivity contribution in [1.29, 1.82) is 0 Å². The zero-order chi connectivity index (χ0) is 10.7. The lowest BCUT2D eigenvalue weighted by Gasteiger charge is -2.00. The van der Waals surface area contributed by atoms with Crippen LogP contribution in [0.15, 0.2) is 48.5 Å². The summed E-state index contributed by atoms with van der Waals surface area (Å²) < 4.78 is 12.8. The summed E-state index contributed by atoms with van der Waals surface area (Å²) in [5.41, 5.74) is 0.903. The van der Waals surface area contributed by atoms with Crippen molar-refractivity contribution in [2.75, 3.05) is 0 Å². The predicted molar refractivity (Wildman–Crippen MR) is 55.1 cm³/mol. The third-order valence-electron chi connectivity index (χ3n) is 2.06. The van der Waals surface area contributed by atoms with E-state index in [0.717, 1.165) is 0 Å². The quantitative estimate of drug-likeness (QED) is 0.680. The van der Waals surface area contributed by atoms with E-state index in [1.165, 1.54) is 12.1 Å². The Balaban J connectivity index is 2.37. The number of carbonyl (C=O) groups is 1. The topological polar surface area (TPSA) is 17.1 Å². The molecule has 0 unspecified atom stereocenters. The van der Waals surface area contributed by atoms with Crippen molar-refractivity contribution in [3.05, 3.63) is 71.5 Å². The molecular weight excluding hydrogens is 191 g/mol. The first-order chi connectivity index (χ1) is 7.27. The molecule has 15 heavy (non-hydrogen) atoms. The van der Waals surface area contributed by atoms with E-state index in [2.05, 4.69) is 6.07 Å². The summed E-state index contributed by atoms with van der Waals surface area (Å²) in [4.78, 5) is 11.8. The van der Waals surface area contributed by atoms with Crippen molar-refractivity contribution >= 4 is 5.78 Å². The highest BCUT2D eigenvalue weighted by Gasteiger charge is 2.08. The van der Waals surface area contributed by atoms with Crippen LogP contribution >= 0.6 is 0 Å². The summed E-state index contributed by atoms with van der Waals surface area (Å²) in [7, 11) is 0. The van der Waals surface area contributed by atoms with Gasteiger partial charge in [0.15, 0.2) is 5.78 Å². The van der Waals surface area contributed by atoms with Crippen LogP contribution in [-0.4, -0.2) is 5.78 Å². The lowest BCUT2D eigenvalue weighted by atomic mass is 10.0. The molecule has 2 aromatic rings. The molecule has 0 aromatic heterocycles. The van der Waals surface area contributed by atoms with E-state index in [0.29, 0.717) is 11.1 Å². The fourth-order valence-electron chi connectivity index (χ4n) is 1.33. The van der Waals surface area contributed by atoms with Gasteiger partial charge in [-0.3, -0.25) is 4.79 Å². The maximum Gasteiger partial charge on any atom is 0.193 e. The Hall–Kier alpha value is -1.96. The second-order valence-electron chi connectivity index (χ2n) is 3.12. The Morgan fingerprint density at radius 1 is 1.07 bits per heavy atom. The minimum absolute atomic E-state index is 0.177. The van der Waals surface area contributed by atoms with Crippen LogP contribution in [0, 0.1) is 11.9 Å². The van der Waals surface area contributed by atoms with Gasteiger partial charge in [0.2, 0.25) is 0 Å². The largest absolute Gasteiger partial charge is 0.289 e. The predicted octanol–water partition coefficient (Wildman–Crippen LogP) is 2.86. The Bertz CT molecular complexity index is 477. The molecule has 73 valence electrons. The van der Waals surface area contributed by atoms with Crippen LogP contribution in [-0.2, 0) is 0 Å². The highest BCUT2D eigenvalue weighted by atomic mass is 19.1. The first-order valence-corrected chi connectivity index (χ1v) is 4.54. The Kier molecular flexibility index (Phi) is 2.59. The second kappa shape index (κ2) is 4.05. The third kappa shape index (κ3) is 2.10. The van der Waals surface area contributed by atoms with Gasteiger partial charge in [0.05, 0.1) is 0 Å². The van der Waals surface area contributed by atoms with Crippen LogP contribution in [0.2, 0.25) is 0 Å². The van der Waals surface area contributed by atoms with E-state index in [4.69, 9.17) is 0 Å². The second-order valence-corrected chi connectivity index (χ2v) is 3.12. The first-order valence-electron chi connectivity index (χ1n) is 4.54. The molecular formula is C13H8FO. The van der Waals surface area contributed by atoms with Crippen LogP contribution in [0.5, 0.6) is 0 Å². The maximum atomic E-state index is 12.8. The Morgan fingerprint density at radius 3 is 2.47 bits per heavy atom. The van der Waals surface area contributed by atoms with E-state index in [1.807, 2.05) is 6.07 Å². The third-order valence-corrected chi connectivity index (χ3v) is 2.06.